The number of ether oxygens (including phenoxy) is 1. The van der Waals surface area contributed by atoms with Crippen molar-refractivity contribution in [3.8, 4) is 5.75 Å². The van der Waals surface area contributed by atoms with Gasteiger partial charge in [-0.15, -0.1) is 0 Å². The summed E-state index contributed by atoms with van der Waals surface area (Å²) in [5.41, 5.74) is 1.27. The first-order valence-corrected chi connectivity index (χ1v) is 5.95. The first-order chi connectivity index (χ1) is 8.28. The van der Waals surface area contributed by atoms with Gasteiger partial charge in [-0.3, -0.25) is 4.99 Å². The predicted octanol–water partition coefficient (Wildman–Crippen LogP) is 1.17. The SMILES string of the molecule is COc1cccc(CCNC2=NCC(C)N2)c1. The van der Waals surface area contributed by atoms with Crippen LogP contribution in [0.15, 0.2) is 29.3 Å². The van der Waals surface area contributed by atoms with Crippen LogP contribution < -0.4 is 15.4 Å². The number of methoxy groups -OCH3 is 1. The van der Waals surface area contributed by atoms with Gasteiger partial charge in [0.15, 0.2) is 5.96 Å². The molecular formula is C13H19N3O. The quantitative estimate of drug-likeness (QED) is 0.820. The third-order valence-electron chi connectivity index (χ3n) is 2.75. The standard InChI is InChI=1S/C13H19N3O/c1-10-9-15-13(16-10)14-7-6-11-4-3-5-12(8-11)17-2/h3-5,8,10H,6-7,9H2,1-2H3,(H2,14,15,16). The van der Waals surface area contributed by atoms with Crippen molar-refractivity contribution in [3.05, 3.63) is 29.8 Å². The van der Waals surface area contributed by atoms with Crippen molar-refractivity contribution in [2.45, 2.75) is 19.4 Å². The van der Waals surface area contributed by atoms with Crippen molar-refractivity contribution in [3.63, 3.8) is 0 Å². The van der Waals surface area contributed by atoms with Gasteiger partial charge in [0.25, 0.3) is 0 Å². The summed E-state index contributed by atoms with van der Waals surface area (Å²) in [6.07, 6.45) is 0.965. The molecule has 0 fully saturated rings. The Kier molecular flexibility index (Phi) is 3.85. The van der Waals surface area contributed by atoms with E-state index in [1.807, 2.05) is 12.1 Å². The Hall–Kier alpha value is -1.71. The topological polar surface area (TPSA) is 45.6 Å². The van der Waals surface area contributed by atoms with Crippen LogP contribution in [0.3, 0.4) is 0 Å². The van der Waals surface area contributed by atoms with E-state index in [0.29, 0.717) is 6.04 Å². The molecule has 1 aliphatic rings. The summed E-state index contributed by atoms with van der Waals surface area (Å²) in [6, 6.07) is 8.60. The van der Waals surface area contributed by atoms with Gasteiger partial charge in [-0.1, -0.05) is 12.1 Å². The maximum absolute atomic E-state index is 5.19. The van der Waals surface area contributed by atoms with E-state index in [4.69, 9.17) is 4.74 Å². The monoisotopic (exact) mass is 233 g/mol. The van der Waals surface area contributed by atoms with Gasteiger partial charge >= 0.3 is 0 Å². The van der Waals surface area contributed by atoms with Crippen LogP contribution in [-0.2, 0) is 6.42 Å². The summed E-state index contributed by atoms with van der Waals surface area (Å²) in [5.74, 6) is 1.83. The zero-order chi connectivity index (χ0) is 12.1. The highest BCUT2D eigenvalue weighted by molar-refractivity contribution is 5.81. The van der Waals surface area contributed by atoms with Crippen molar-refractivity contribution < 1.29 is 4.74 Å². The molecule has 2 rings (SSSR count). The molecule has 1 aromatic rings. The number of rotatable bonds is 4. The first kappa shape index (κ1) is 11.8. The van der Waals surface area contributed by atoms with Gasteiger partial charge in [-0.05, 0) is 31.0 Å². The average Bonchev–Trinajstić information content (AvgIpc) is 2.75. The zero-order valence-electron chi connectivity index (χ0n) is 10.4. The number of nitrogens with zero attached hydrogens (tertiary/aromatic N) is 1. The molecule has 1 aliphatic heterocycles. The summed E-state index contributed by atoms with van der Waals surface area (Å²) >= 11 is 0. The van der Waals surface area contributed by atoms with Crippen LogP contribution in [0.4, 0.5) is 0 Å². The van der Waals surface area contributed by atoms with E-state index in [0.717, 1.165) is 31.2 Å². The third kappa shape index (κ3) is 3.37. The molecule has 17 heavy (non-hydrogen) atoms. The number of nitrogens with one attached hydrogen (secondary N) is 2. The van der Waals surface area contributed by atoms with Crippen LogP contribution in [0.2, 0.25) is 0 Å². The second-order valence-corrected chi connectivity index (χ2v) is 4.26. The van der Waals surface area contributed by atoms with E-state index in [1.54, 1.807) is 7.11 Å². The fraction of sp³-hybridized carbons (Fsp3) is 0.462. The van der Waals surface area contributed by atoms with Crippen LogP contribution in [0.25, 0.3) is 0 Å². The Morgan fingerprint density at radius 1 is 1.53 bits per heavy atom. The van der Waals surface area contributed by atoms with Crippen molar-refractivity contribution in [1.82, 2.24) is 10.6 Å². The summed E-state index contributed by atoms with van der Waals surface area (Å²) in [4.78, 5) is 4.35. The van der Waals surface area contributed by atoms with Crippen LogP contribution in [0, 0.1) is 0 Å². The number of hydrogen-bond acceptors (Lipinski definition) is 4. The second kappa shape index (κ2) is 5.57. The molecule has 0 spiro atoms. The molecule has 1 aromatic carbocycles. The molecule has 4 heteroatoms. The lowest BCUT2D eigenvalue weighted by Crippen LogP contribution is -2.38. The number of aliphatic imine (C=N–C) groups is 1. The number of benzene rings is 1. The van der Waals surface area contributed by atoms with Gasteiger partial charge in [-0.25, -0.2) is 0 Å². The maximum atomic E-state index is 5.19. The Bertz CT molecular complexity index is 403. The molecule has 2 N–H and O–H groups in total. The smallest absolute Gasteiger partial charge is 0.191 e. The fourth-order valence-electron chi connectivity index (χ4n) is 1.81. The summed E-state index contributed by atoms with van der Waals surface area (Å²) in [6.45, 7) is 3.87. The molecule has 0 saturated carbocycles. The molecule has 4 nitrogen and oxygen atoms in total. The molecule has 0 bridgehead atoms. The van der Waals surface area contributed by atoms with Crippen molar-refractivity contribution in [1.29, 1.82) is 0 Å². The first-order valence-electron chi connectivity index (χ1n) is 5.95. The predicted molar refractivity (Wildman–Crippen MR) is 69.6 cm³/mol. The largest absolute Gasteiger partial charge is 0.497 e. The van der Waals surface area contributed by atoms with E-state index in [2.05, 4.69) is 34.7 Å². The molecule has 1 heterocycles. The molecule has 0 amide bonds. The molecule has 0 aliphatic carbocycles. The molecule has 0 aromatic heterocycles. The Morgan fingerprint density at radius 2 is 2.41 bits per heavy atom. The number of hydrogen-bond donors (Lipinski definition) is 2. The second-order valence-electron chi connectivity index (χ2n) is 4.26. The summed E-state index contributed by atoms with van der Waals surface area (Å²) < 4.78 is 5.19. The van der Waals surface area contributed by atoms with Crippen molar-refractivity contribution >= 4 is 5.96 Å². The lowest BCUT2D eigenvalue weighted by atomic mass is 10.1. The Labute approximate surface area is 102 Å². The Morgan fingerprint density at radius 3 is 3.12 bits per heavy atom. The third-order valence-corrected chi connectivity index (χ3v) is 2.75. The minimum absolute atomic E-state index is 0.453. The van der Waals surface area contributed by atoms with Crippen LogP contribution >= 0.6 is 0 Å². The maximum Gasteiger partial charge on any atom is 0.191 e. The number of guanidine groups is 1. The molecular weight excluding hydrogens is 214 g/mol. The van der Waals surface area contributed by atoms with Crippen molar-refractivity contribution in [2.75, 3.05) is 20.2 Å². The van der Waals surface area contributed by atoms with Gasteiger partial charge in [-0.2, -0.15) is 0 Å². The van der Waals surface area contributed by atoms with Gasteiger partial charge in [0, 0.05) is 12.6 Å². The minimum atomic E-state index is 0.453. The molecule has 1 atom stereocenters. The van der Waals surface area contributed by atoms with E-state index in [-0.39, 0.29) is 0 Å². The molecule has 1 unspecified atom stereocenters. The highest BCUT2D eigenvalue weighted by atomic mass is 16.5. The molecule has 92 valence electrons. The molecule has 0 saturated heterocycles. The lowest BCUT2D eigenvalue weighted by molar-refractivity contribution is 0.414. The van der Waals surface area contributed by atoms with E-state index < -0.39 is 0 Å². The van der Waals surface area contributed by atoms with Gasteiger partial charge < -0.3 is 15.4 Å². The minimum Gasteiger partial charge on any atom is -0.497 e. The van der Waals surface area contributed by atoms with Crippen LogP contribution in [0.5, 0.6) is 5.75 Å². The van der Waals surface area contributed by atoms with E-state index >= 15 is 0 Å². The van der Waals surface area contributed by atoms with Gasteiger partial charge in [0.1, 0.15) is 5.75 Å². The normalized spacial score (nSPS) is 18.5. The highest BCUT2D eigenvalue weighted by Gasteiger charge is 2.10. The molecule has 0 radical (unpaired) electrons. The van der Waals surface area contributed by atoms with Crippen LogP contribution in [0.1, 0.15) is 12.5 Å². The van der Waals surface area contributed by atoms with Gasteiger partial charge in [0.05, 0.1) is 13.7 Å². The van der Waals surface area contributed by atoms with E-state index in [1.165, 1.54) is 5.56 Å². The fourth-order valence-corrected chi connectivity index (χ4v) is 1.81. The Balaban J connectivity index is 1.78. The summed E-state index contributed by atoms with van der Waals surface area (Å²) in [7, 11) is 1.69. The van der Waals surface area contributed by atoms with E-state index in [9.17, 15) is 0 Å². The average molecular weight is 233 g/mol. The summed E-state index contributed by atoms with van der Waals surface area (Å²) in [5, 5.41) is 6.57. The zero-order valence-corrected chi connectivity index (χ0v) is 10.4. The van der Waals surface area contributed by atoms with Crippen molar-refractivity contribution in [2.24, 2.45) is 4.99 Å². The van der Waals surface area contributed by atoms with Crippen LogP contribution in [-0.4, -0.2) is 32.2 Å². The highest BCUT2D eigenvalue weighted by Crippen LogP contribution is 2.12. The van der Waals surface area contributed by atoms with Gasteiger partial charge in [0.2, 0.25) is 0 Å². The lowest BCUT2D eigenvalue weighted by Gasteiger charge is -2.09.